The fourth-order valence-corrected chi connectivity index (χ4v) is 2.19. The minimum Gasteiger partial charge on any atom is -0.497 e. The Morgan fingerprint density at radius 1 is 1.17 bits per heavy atom. The van der Waals surface area contributed by atoms with E-state index in [0.29, 0.717) is 0 Å². The number of pyridine rings is 1. The third kappa shape index (κ3) is 1.88. The van der Waals surface area contributed by atoms with E-state index >= 15 is 0 Å². The Balaban J connectivity index is 2.15. The molecule has 2 aromatic heterocycles. The molecule has 3 aromatic rings. The van der Waals surface area contributed by atoms with E-state index in [2.05, 4.69) is 31.5 Å². The molecule has 4 heteroatoms. The second kappa shape index (κ2) is 4.46. The summed E-state index contributed by atoms with van der Waals surface area (Å²) in [7, 11) is 1.68. The summed E-state index contributed by atoms with van der Waals surface area (Å²) in [5.74, 6) is 1.77. The van der Waals surface area contributed by atoms with Crippen LogP contribution >= 0.6 is 15.9 Å². The van der Waals surface area contributed by atoms with Gasteiger partial charge in [0.1, 0.15) is 11.6 Å². The van der Waals surface area contributed by atoms with Crippen molar-refractivity contribution in [1.29, 1.82) is 0 Å². The summed E-state index contributed by atoms with van der Waals surface area (Å²) in [4.78, 5) is 4.40. The van der Waals surface area contributed by atoms with Gasteiger partial charge in [-0.2, -0.15) is 0 Å². The number of methoxy groups -OCH3 is 1. The quantitative estimate of drug-likeness (QED) is 0.720. The molecule has 0 saturated heterocycles. The standard InChI is InChI=1S/C14H11BrN2O/c1-18-12-3-4-13-10(8-12)6-7-17(13)14-5-2-11(15)9-16-14/h2-9H,1H3. The summed E-state index contributed by atoms with van der Waals surface area (Å²) < 4.78 is 8.25. The second-order valence-corrected chi connectivity index (χ2v) is 4.86. The third-order valence-electron chi connectivity index (χ3n) is 2.86. The molecule has 0 aliphatic carbocycles. The first kappa shape index (κ1) is 11.3. The maximum atomic E-state index is 5.22. The highest BCUT2D eigenvalue weighted by atomic mass is 79.9. The summed E-state index contributed by atoms with van der Waals surface area (Å²) in [5.41, 5.74) is 1.12. The van der Waals surface area contributed by atoms with Crippen molar-refractivity contribution < 1.29 is 4.74 Å². The predicted molar refractivity (Wildman–Crippen MR) is 75.3 cm³/mol. The van der Waals surface area contributed by atoms with Crippen LogP contribution in [0.2, 0.25) is 0 Å². The summed E-state index contributed by atoms with van der Waals surface area (Å²) in [6, 6.07) is 12.0. The van der Waals surface area contributed by atoms with Crippen LogP contribution in [-0.4, -0.2) is 16.7 Å². The van der Waals surface area contributed by atoms with E-state index in [-0.39, 0.29) is 0 Å². The lowest BCUT2D eigenvalue weighted by molar-refractivity contribution is 0.415. The molecule has 2 heterocycles. The average molecular weight is 303 g/mol. The molecule has 0 aliphatic heterocycles. The van der Waals surface area contributed by atoms with Gasteiger partial charge in [-0.3, -0.25) is 0 Å². The average Bonchev–Trinajstić information content (AvgIpc) is 2.82. The molecule has 18 heavy (non-hydrogen) atoms. The van der Waals surface area contributed by atoms with Crippen molar-refractivity contribution in [2.24, 2.45) is 0 Å². The highest BCUT2D eigenvalue weighted by Crippen LogP contribution is 2.24. The zero-order chi connectivity index (χ0) is 12.5. The Bertz CT molecular complexity index is 689. The fourth-order valence-electron chi connectivity index (χ4n) is 1.96. The van der Waals surface area contributed by atoms with Crippen molar-refractivity contribution in [3.05, 3.63) is 53.3 Å². The highest BCUT2D eigenvalue weighted by Gasteiger charge is 2.05. The zero-order valence-corrected chi connectivity index (χ0v) is 11.4. The molecule has 0 spiro atoms. The maximum absolute atomic E-state index is 5.22. The van der Waals surface area contributed by atoms with Crippen molar-refractivity contribution in [2.75, 3.05) is 7.11 Å². The molecule has 0 fully saturated rings. The van der Waals surface area contributed by atoms with E-state index < -0.39 is 0 Å². The molecule has 3 nitrogen and oxygen atoms in total. The molecule has 0 bridgehead atoms. The summed E-state index contributed by atoms with van der Waals surface area (Å²) in [5, 5.41) is 1.14. The number of fused-ring (bicyclic) bond motifs is 1. The van der Waals surface area contributed by atoms with Gasteiger partial charge in [0.25, 0.3) is 0 Å². The predicted octanol–water partition coefficient (Wildman–Crippen LogP) is 3.80. The molecule has 3 rings (SSSR count). The topological polar surface area (TPSA) is 27.1 Å². The first-order valence-electron chi connectivity index (χ1n) is 5.55. The fraction of sp³-hybridized carbons (Fsp3) is 0.0714. The van der Waals surface area contributed by atoms with Gasteiger partial charge in [0.15, 0.2) is 0 Å². The molecule has 0 radical (unpaired) electrons. The van der Waals surface area contributed by atoms with E-state index in [4.69, 9.17) is 4.74 Å². The lowest BCUT2D eigenvalue weighted by Crippen LogP contribution is -1.94. The first-order valence-corrected chi connectivity index (χ1v) is 6.34. The van der Waals surface area contributed by atoms with Crippen LogP contribution in [0.1, 0.15) is 0 Å². The van der Waals surface area contributed by atoms with Gasteiger partial charge in [0, 0.05) is 22.3 Å². The molecule has 0 amide bonds. The van der Waals surface area contributed by atoms with Gasteiger partial charge in [0.05, 0.1) is 12.6 Å². The number of rotatable bonds is 2. The van der Waals surface area contributed by atoms with Gasteiger partial charge in [-0.25, -0.2) is 4.98 Å². The lowest BCUT2D eigenvalue weighted by Gasteiger charge is -2.05. The maximum Gasteiger partial charge on any atom is 0.137 e. The van der Waals surface area contributed by atoms with Crippen LogP contribution in [-0.2, 0) is 0 Å². The second-order valence-electron chi connectivity index (χ2n) is 3.95. The summed E-state index contributed by atoms with van der Waals surface area (Å²) in [6.45, 7) is 0. The van der Waals surface area contributed by atoms with Gasteiger partial charge in [0.2, 0.25) is 0 Å². The normalized spacial score (nSPS) is 10.8. The van der Waals surface area contributed by atoms with E-state index in [1.54, 1.807) is 13.3 Å². The van der Waals surface area contributed by atoms with Crippen LogP contribution in [0.4, 0.5) is 0 Å². The molecule has 1 aromatic carbocycles. The largest absolute Gasteiger partial charge is 0.497 e. The zero-order valence-electron chi connectivity index (χ0n) is 9.80. The number of aromatic nitrogens is 2. The Labute approximate surface area is 113 Å². The van der Waals surface area contributed by atoms with Crippen LogP contribution in [0.15, 0.2) is 53.3 Å². The van der Waals surface area contributed by atoms with Crippen molar-refractivity contribution in [1.82, 2.24) is 9.55 Å². The smallest absolute Gasteiger partial charge is 0.137 e. The molecule has 0 N–H and O–H groups in total. The minimum atomic E-state index is 0.865. The van der Waals surface area contributed by atoms with Crippen LogP contribution in [0.3, 0.4) is 0 Å². The number of hydrogen-bond donors (Lipinski definition) is 0. The van der Waals surface area contributed by atoms with Gasteiger partial charge < -0.3 is 9.30 Å². The molecular formula is C14H11BrN2O. The first-order chi connectivity index (χ1) is 8.78. The van der Waals surface area contributed by atoms with Gasteiger partial charge in [-0.1, -0.05) is 0 Å². The van der Waals surface area contributed by atoms with Crippen molar-refractivity contribution >= 4 is 26.8 Å². The van der Waals surface area contributed by atoms with E-state index in [9.17, 15) is 0 Å². The van der Waals surface area contributed by atoms with Crippen molar-refractivity contribution in [3.63, 3.8) is 0 Å². The monoisotopic (exact) mass is 302 g/mol. The van der Waals surface area contributed by atoms with Crippen LogP contribution in [0.25, 0.3) is 16.7 Å². The Kier molecular flexibility index (Phi) is 2.80. The SMILES string of the molecule is COc1ccc2c(ccn2-c2ccc(Br)cn2)c1. The Morgan fingerprint density at radius 3 is 2.78 bits per heavy atom. The number of ether oxygens (including phenoxy) is 1. The highest BCUT2D eigenvalue weighted by molar-refractivity contribution is 9.10. The molecule has 0 saturated carbocycles. The summed E-state index contributed by atoms with van der Waals surface area (Å²) in [6.07, 6.45) is 3.81. The molecule has 0 atom stereocenters. The molecule has 90 valence electrons. The summed E-state index contributed by atoms with van der Waals surface area (Å²) >= 11 is 3.39. The number of hydrogen-bond acceptors (Lipinski definition) is 2. The lowest BCUT2D eigenvalue weighted by atomic mass is 10.2. The number of benzene rings is 1. The van der Waals surface area contributed by atoms with Crippen LogP contribution < -0.4 is 4.74 Å². The van der Waals surface area contributed by atoms with Crippen molar-refractivity contribution in [2.45, 2.75) is 0 Å². The number of halogens is 1. The van der Waals surface area contributed by atoms with Crippen LogP contribution in [0, 0.1) is 0 Å². The van der Waals surface area contributed by atoms with Crippen LogP contribution in [0.5, 0.6) is 5.75 Å². The third-order valence-corrected chi connectivity index (χ3v) is 3.33. The van der Waals surface area contributed by atoms with Gasteiger partial charge >= 0.3 is 0 Å². The Morgan fingerprint density at radius 2 is 2.06 bits per heavy atom. The van der Waals surface area contributed by atoms with E-state index in [0.717, 1.165) is 26.9 Å². The molecule has 0 unspecified atom stereocenters. The Hall–Kier alpha value is -1.81. The van der Waals surface area contributed by atoms with Gasteiger partial charge in [-0.15, -0.1) is 0 Å². The minimum absolute atomic E-state index is 0.865. The van der Waals surface area contributed by atoms with Crippen molar-refractivity contribution in [3.8, 4) is 11.6 Å². The van der Waals surface area contributed by atoms with Gasteiger partial charge in [-0.05, 0) is 52.3 Å². The van der Waals surface area contributed by atoms with E-state index in [1.165, 1.54) is 0 Å². The molecule has 0 aliphatic rings. The van der Waals surface area contributed by atoms with E-state index in [1.807, 2.05) is 36.5 Å². The number of nitrogens with zero attached hydrogens (tertiary/aromatic N) is 2. The molecular weight excluding hydrogens is 292 g/mol.